The van der Waals surface area contributed by atoms with Gasteiger partial charge < -0.3 is 23.4 Å². The maximum atomic E-state index is 5.88. The van der Waals surface area contributed by atoms with E-state index in [9.17, 15) is 0 Å². The molecule has 0 amide bonds. The van der Waals surface area contributed by atoms with Gasteiger partial charge in [0.2, 0.25) is 0 Å². The van der Waals surface area contributed by atoms with Crippen LogP contribution < -0.4 is 5.73 Å². The Hall–Kier alpha value is 0.0169. The van der Waals surface area contributed by atoms with Crippen molar-refractivity contribution in [3.63, 3.8) is 0 Å². The second-order valence-corrected chi connectivity index (χ2v) is 7.63. The fraction of sp³-hybridized carbons (Fsp3) is 1.00. The highest BCUT2D eigenvalue weighted by molar-refractivity contribution is 6.53. The standard InChI is InChI=1S/C9H19NO4Si/c1-8(2)4-11-15(12-5-8)13-6-9(3,10)7-14-15/h4-7,10H2,1-3H3. The quantitative estimate of drug-likeness (QED) is 0.608. The number of hydrogen-bond donors (Lipinski definition) is 1. The van der Waals surface area contributed by atoms with Crippen molar-refractivity contribution in [1.82, 2.24) is 0 Å². The number of hydrogen-bond acceptors (Lipinski definition) is 5. The van der Waals surface area contributed by atoms with Crippen LogP contribution in [0.4, 0.5) is 0 Å². The van der Waals surface area contributed by atoms with Crippen molar-refractivity contribution in [1.29, 1.82) is 0 Å². The molecule has 2 N–H and O–H groups in total. The Bertz CT molecular complexity index is 207. The average molecular weight is 233 g/mol. The lowest BCUT2D eigenvalue weighted by Crippen LogP contribution is -2.65. The lowest BCUT2D eigenvalue weighted by atomic mass is 9.97. The molecule has 0 radical (unpaired) electrons. The topological polar surface area (TPSA) is 62.9 Å². The van der Waals surface area contributed by atoms with Crippen LogP contribution in [0.5, 0.6) is 0 Å². The average Bonchev–Trinajstić information content (AvgIpc) is 2.15. The summed E-state index contributed by atoms with van der Waals surface area (Å²) in [5, 5.41) is 0. The molecule has 0 aromatic rings. The summed E-state index contributed by atoms with van der Waals surface area (Å²) in [6.45, 7) is 8.15. The monoisotopic (exact) mass is 233 g/mol. The molecule has 0 unspecified atom stereocenters. The molecule has 0 saturated carbocycles. The molecule has 1 spiro atoms. The van der Waals surface area contributed by atoms with Crippen LogP contribution in [0.3, 0.4) is 0 Å². The maximum Gasteiger partial charge on any atom is 0.679 e. The Balaban J connectivity index is 1.95. The minimum Gasteiger partial charge on any atom is -0.351 e. The highest BCUT2D eigenvalue weighted by Gasteiger charge is 2.55. The normalized spacial score (nSPS) is 32.8. The molecule has 0 aromatic heterocycles. The van der Waals surface area contributed by atoms with Crippen LogP contribution in [0.2, 0.25) is 0 Å². The van der Waals surface area contributed by atoms with Crippen molar-refractivity contribution >= 4 is 9.05 Å². The molecule has 2 fully saturated rings. The third-order valence-electron chi connectivity index (χ3n) is 2.44. The van der Waals surface area contributed by atoms with Crippen LogP contribution in [0, 0.1) is 5.41 Å². The van der Waals surface area contributed by atoms with Crippen molar-refractivity contribution in [3.05, 3.63) is 0 Å². The zero-order valence-electron chi connectivity index (χ0n) is 9.54. The number of rotatable bonds is 0. The maximum absolute atomic E-state index is 5.88. The summed E-state index contributed by atoms with van der Waals surface area (Å²) in [4.78, 5) is 0. The molecule has 0 aliphatic carbocycles. The molecule has 5 nitrogen and oxygen atoms in total. The van der Waals surface area contributed by atoms with Crippen molar-refractivity contribution in [2.75, 3.05) is 26.4 Å². The first-order valence-electron chi connectivity index (χ1n) is 5.17. The van der Waals surface area contributed by atoms with Crippen LogP contribution in [-0.2, 0) is 17.7 Å². The molecule has 2 rings (SSSR count). The summed E-state index contributed by atoms with van der Waals surface area (Å²) >= 11 is 0. The summed E-state index contributed by atoms with van der Waals surface area (Å²) in [5.74, 6) is 0. The molecule has 0 atom stereocenters. The number of nitrogens with two attached hydrogens (primary N) is 1. The van der Waals surface area contributed by atoms with E-state index in [0.717, 1.165) is 0 Å². The molecule has 2 aliphatic heterocycles. The Kier molecular flexibility index (Phi) is 2.69. The fourth-order valence-electron chi connectivity index (χ4n) is 1.41. The van der Waals surface area contributed by atoms with Crippen LogP contribution in [0.15, 0.2) is 0 Å². The van der Waals surface area contributed by atoms with E-state index in [0.29, 0.717) is 26.4 Å². The van der Waals surface area contributed by atoms with Crippen LogP contribution in [0.25, 0.3) is 0 Å². The first-order chi connectivity index (χ1) is 6.83. The Labute approximate surface area is 91.3 Å². The van der Waals surface area contributed by atoms with Crippen LogP contribution >= 0.6 is 0 Å². The van der Waals surface area contributed by atoms with Crippen molar-refractivity contribution in [3.8, 4) is 0 Å². The Morgan fingerprint density at radius 1 is 0.867 bits per heavy atom. The van der Waals surface area contributed by atoms with Gasteiger partial charge in [-0.3, -0.25) is 0 Å². The molecule has 0 aromatic carbocycles. The van der Waals surface area contributed by atoms with Gasteiger partial charge >= 0.3 is 9.05 Å². The van der Waals surface area contributed by atoms with Gasteiger partial charge in [0, 0.05) is 18.6 Å². The van der Waals surface area contributed by atoms with Gasteiger partial charge in [-0.15, -0.1) is 0 Å². The molecule has 2 heterocycles. The van der Waals surface area contributed by atoms with Crippen LogP contribution in [-0.4, -0.2) is 41.0 Å². The summed E-state index contributed by atoms with van der Waals surface area (Å²) in [6, 6.07) is 0. The SMILES string of the molecule is CC1(C)CO[Si]2(OC1)OCC(C)(N)CO2. The summed E-state index contributed by atoms with van der Waals surface area (Å²) < 4.78 is 22.4. The predicted molar refractivity (Wildman–Crippen MR) is 55.9 cm³/mol. The van der Waals surface area contributed by atoms with Gasteiger partial charge in [0.25, 0.3) is 0 Å². The molecule has 88 valence electrons. The molecule has 0 bridgehead atoms. The van der Waals surface area contributed by atoms with Crippen molar-refractivity contribution in [2.24, 2.45) is 11.1 Å². The predicted octanol–water partition coefficient (Wildman–Crippen LogP) is 0.259. The largest absolute Gasteiger partial charge is 0.679 e. The van der Waals surface area contributed by atoms with Gasteiger partial charge in [-0.1, -0.05) is 13.8 Å². The smallest absolute Gasteiger partial charge is 0.351 e. The van der Waals surface area contributed by atoms with E-state index >= 15 is 0 Å². The van der Waals surface area contributed by atoms with Gasteiger partial charge in [-0.2, -0.15) is 0 Å². The summed E-state index contributed by atoms with van der Waals surface area (Å²) in [7, 11) is -2.83. The third-order valence-corrected chi connectivity index (χ3v) is 4.43. The molecular formula is C9H19NO4Si. The third kappa shape index (κ3) is 2.58. The van der Waals surface area contributed by atoms with Gasteiger partial charge in [-0.25, -0.2) is 0 Å². The second-order valence-electron chi connectivity index (χ2n) is 5.47. The molecular weight excluding hydrogens is 214 g/mol. The minimum absolute atomic E-state index is 0.0361. The lowest BCUT2D eigenvalue weighted by Gasteiger charge is -2.44. The zero-order chi connectivity index (χ0) is 11.2. The molecule has 2 saturated heterocycles. The Morgan fingerprint density at radius 2 is 1.27 bits per heavy atom. The zero-order valence-corrected chi connectivity index (χ0v) is 10.5. The van der Waals surface area contributed by atoms with E-state index in [1.807, 2.05) is 6.92 Å². The van der Waals surface area contributed by atoms with Gasteiger partial charge in [0.15, 0.2) is 0 Å². The first kappa shape index (κ1) is 11.5. The summed E-state index contributed by atoms with van der Waals surface area (Å²) in [5.41, 5.74) is 5.49. The molecule has 2 aliphatic rings. The van der Waals surface area contributed by atoms with Crippen molar-refractivity contribution in [2.45, 2.75) is 26.3 Å². The van der Waals surface area contributed by atoms with E-state index in [1.54, 1.807) is 0 Å². The van der Waals surface area contributed by atoms with E-state index < -0.39 is 14.6 Å². The van der Waals surface area contributed by atoms with E-state index in [4.69, 9.17) is 23.4 Å². The second kappa shape index (κ2) is 3.51. The highest BCUT2D eigenvalue weighted by atomic mass is 28.4. The van der Waals surface area contributed by atoms with Crippen molar-refractivity contribution < 1.29 is 17.7 Å². The Morgan fingerprint density at radius 3 is 1.73 bits per heavy atom. The lowest BCUT2D eigenvalue weighted by molar-refractivity contribution is -0.134. The highest BCUT2D eigenvalue weighted by Crippen LogP contribution is 2.30. The molecule has 15 heavy (non-hydrogen) atoms. The van der Waals surface area contributed by atoms with Gasteiger partial charge in [-0.05, 0) is 6.92 Å². The van der Waals surface area contributed by atoms with E-state index in [2.05, 4.69) is 13.8 Å². The van der Waals surface area contributed by atoms with Gasteiger partial charge in [0.1, 0.15) is 0 Å². The summed E-state index contributed by atoms with van der Waals surface area (Å²) in [6.07, 6.45) is 0. The molecule has 6 heteroatoms. The van der Waals surface area contributed by atoms with E-state index in [-0.39, 0.29) is 5.41 Å². The fourth-order valence-corrected chi connectivity index (χ4v) is 4.06. The first-order valence-corrected chi connectivity index (χ1v) is 6.81. The minimum atomic E-state index is -2.83. The van der Waals surface area contributed by atoms with Gasteiger partial charge in [0.05, 0.1) is 18.8 Å². The van der Waals surface area contributed by atoms with E-state index in [1.165, 1.54) is 0 Å². The van der Waals surface area contributed by atoms with Crippen LogP contribution in [0.1, 0.15) is 20.8 Å².